The van der Waals surface area contributed by atoms with Gasteiger partial charge in [-0.2, -0.15) is 0 Å². The first-order chi connectivity index (χ1) is 18.2. The first-order valence-corrected chi connectivity index (χ1v) is 12.1. The van der Waals surface area contributed by atoms with Gasteiger partial charge in [-0.25, -0.2) is 14.4 Å². The zero-order valence-electron chi connectivity index (χ0n) is 22.2. The van der Waals surface area contributed by atoms with Crippen molar-refractivity contribution < 1.29 is 13.9 Å². The van der Waals surface area contributed by atoms with Crippen molar-refractivity contribution in [1.82, 2.24) is 19.4 Å². The van der Waals surface area contributed by atoms with Gasteiger partial charge in [-0.1, -0.05) is 24.8 Å². The number of hydrogen-bond acceptors (Lipinski definition) is 7. The molecule has 0 saturated carbocycles. The lowest BCUT2D eigenvalue weighted by Gasteiger charge is -2.26. The van der Waals surface area contributed by atoms with E-state index in [0.717, 1.165) is 23.1 Å². The standard InChI is InChI=1S/C28H32FN7O2/c1-7-25(37)32-20-14-21(24(38-6)15-23(20)35(4)13-12-34(2)3)33-28-26(29)27(30-17-31-28)19-16-36(5)22-11-9-8-10-18(19)22/h7-11,14-17H,1,12-13H2,2-6H3,(H,32,37)(H,30,31,33). The number of carbonyl (C=O) groups is 1. The van der Waals surface area contributed by atoms with Gasteiger partial charge in [0, 0.05) is 55.9 Å². The fourth-order valence-electron chi connectivity index (χ4n) is 4.21. The van der Waals surface area contributed by atoms with Crippen molar-refractivity contribution in [1.29, 1.82) is 0 Å². The third-order valence-electron chi connectivity index (χ3n) is 6.25. The SMILES string of the molecule is C=CC(=O)Nc1cc(Nc2ncnc(-c3cn(C)c4ccccc34)c2F)c(OC)cc1N(C)CCN(C)C. The molecule has 0 bridgehead atoms. The maximum absolute atomic E-state index is 15.8. The number of fused-ring (bicyclic) bond motifs is 1. The zero-order valence-corrected chi connectivity index (χ0v) is 22.2. The Hall–Kier alpha value is -4.44. The number of carbonyl (C=O) groups excluding carboxylic acids is 1. The second-order valence-corrected chi connectivity index (χ2v) is 9.17. The first-order valence-electron chi connectivity index (χ1n) is 12.1. The van der Waals surface area contributed by atoms with Crippen molar-refractivity contribution in [3.8, 4) is 17.0 Å². The molecule has 0 aliphatic rings. The van der Waals surface area contributed by atoms with Crippen LogP contribution in [0, 0.1) is 5.82 Å². The molecule has 0 aliphatic carbocycles. The number of hydrogen-bond donors (Lipinski definition) is 2. The summed E-state index contributed by atoms with van der Waals surface area (Å²) in [6, 6.07) is 11.2. The van der Waals surface area contributed by atoms with E-state index < -0.39 is 5.82 Å². The number of para-hydroxylation sites is 1. The number of aromatic nitrogens is 3. The van der Waals surface area contributed by atoms with E-state index in [0.29, 0.717) is 29.2 Å². The minimum atomic E-state index is -0.602. The van der Waals surface area contributed by atoms with Gasteiger partial charge in [-0.05, 0) is 32.3 Å². The van der Waals surface area contributed by atoms with Crippen LogP contribution in [0.15, 0.2) is 61.6 Å². The summed E-state index contributed by atoms with van der Waals surface area (Å²) >= 11 is 0. The molecule has 198 valence electrons. The molecule has 2 heterocycles. The molecule has 0 aliphatic heterocycles. The molecule has 0 spiro atoms. The molecule has 1 amide bonds. The van der Waals surface area contributed by atoms with E-state index in [9.17, 15) is 4.79 Å². The molecule has 2 N–H and O–H groups in total. The van der Waals surface area contributed by atoms with E-state index in [1.807, 2.05) is 68.1 Å². The minimum Gasteiger partial charge on any atom is -0.494 e. The molecule has 0 fully saturated rings. The molecule has 9 nitrogen and oxygen atoms in total. The molecule has 2 aromatic carbocycles. The molecular formula is C28H32FN7O2. The maximum atomic E-state index is 15.8. The summed E-state index contributed by atoms with van der Waals surface area (Å²) < 4.78 is 23.4. The lowest BCUT2D eigenvalue weighted by atomic mass is 10.1. The van der Waals surface area contributed by atoms with Gasteiger partial charge < -0.3 is 29.7 Å². The van der Waals surface area contributed by atoms with Crippen LogP contribution in [0.5, 0.6) is 5.75 Å². The van der Waals surface area contributed by atoms with Gasteiger partial charge in [-0.15, -0.1) is 0 Å². The van der Waals surface area contributed by atoms with Crippen molar-refractivity contribution in [3.05, 3.63) is 67.4 Å². The summed E-state index contributed by atoms with van der Waals surface area (Å²) in [6.45, 7) is 5.05. The smallest absolute Gasteiger partial charge is 0.247 e. The molecule has 4 aromatic rings. The van der Waals surface area contributed by atoms with E-state index in [2.05, 4.69) is 32.1 Å². The normalized spacial score (nSPS) is 11.0. The molecule has 38 heavy (non-hydrogen) atoms. The highest BCUT2D eigenvalue weighted by atomic mass is 19.1. The number of benzene rings is 2. The number of ether oxygens (including phenoxy) is 1. The molecule has 0 radical (unpaired) electrons. The number of amides is 1. The Balaban J connectivity index is 1.75. The fraction of sp³-hybridized carbons (Fsp3) is 0.250. The van der Waals surface area contributed by atoms with Crippen LogP contribution in [-0.4, -0.2) is 66.7 Å². The topological polar surface area (TPSA) is 87.5 Å². The zero-order chi connectivity index (χ0) is 27.4. The molecule has 10 heteroatoms. The summed E-state index contributed by atoms with van der Waals surface area (Å²) in [6.07, 6.45) is 4.36. The predicted octanol–water partition coefficient (Wildman–Crippen LogP) is 4.65. The minimum absolute atomic E-state index is 0.0176. The van der Waals surface area contributed by atoms with Crippen molar-refractivity contribution in [2.75, 3.05) is 56.9 Å². The average Bonchev–Trinajstić information content (AvgIpc) is 3.24. The molecule has 4 rings (SSSR count). The Kier molecular flexibility index (Phi) is 7.92. The Morgan fingerprint density at radius 3 is 2.63 bits per heavy atom. The number of nitrogens with zero attached hydrogens (tertiary/aromatic N) is 5. The molecule has 2 aromatic heterocycles. The van der Waals surface area contributed by atoms with Crippen LogP contribution >= 0.6 is 0 Å². The van der Waals surface area contributed by atoms with Crippen LogP contribution in [0.25, 0.3) is 22.2 Å². The van der Waals surface area contributed by atoms with E-state index >= 15 is 4.39 Å². The Labute approximate surface area is 221 Å². The van der Waals surface area contributed by atoms with Crippen LogP contribution in [0.3, 0.4) is 0 Å². The number of nitrogens with one attached hydrogen (secondary N) is 2. The van der Waals surface area contributed by atoms with Crippen LogP contribution < -0.4 is 20.3 Å². The van der Waals surface area contributed by atoms with Crippen LogP contribution in [0.1, 0.15) is 0 Å². The lowest BCUT2D eigenvalue weighted by molar-refractivity contribution is -0.111. The second-order valence-electron chi connectivity index (χ2n) is 9.17. The van der Waals surface area contributed by atoms with Crippen molar-refractivity contribution >= 4 is 39.7 Å². The fourth-order valence-corrected chi connectivity index (χ4v) is 4.21. The van der Waals surface area contributed by atoms with Gasteiger partial charge in [-0.3, -0.25) is 4.79 Å². The van der Waals surface area contributed by atoms with Gasteiger partial charge in [0.2, 0.25) is 5.91 Å². The van der Waals surface area contributed by atoms with E-state index in [1.54, 1.807) is 12.1 Å². The third kappa shape index (κ3) is 5.45. The Morgan fingerprint density at radius 1 is 1.16 bits per heavy atom. The van der Waals surface area contributed by atoms with E-state index in [-0.39, 0.29) is 17.4 Å². The van der Waals surface area contributed by atoms with Gasteiger partial charge in [0.25, 0.3) is 0 Å². The van der Waals surface area contributed by atoms with E-state index in [1.165, 1.54) is 19.5 Å². The number of anilines is 4. The number of rotatable bonds is 10. The van der Waals surface area contributed by atoms with Gasteiger partial charge in [0.1, 0.15) is 17.8 Å². The van der Waals surface area contributed by atoms with Gasteiger partial charge in [0.15, 0.2) is 11.6 Å². The molecule has 0 saturated heterocycles. The second kappa shape index (κ2) is 11.3. The predicted molar refractivity (Wildman–Crippen MR) is 151 cm³/mol. The molecular weight excluding hydrogens is 485 g/mol. The summed E-state index contributed by atoms with van der Waals surface area (Å²) in [5.41, 5.74) is 3.49. The van der Waals surface area contributed by atoms with Gasteiger partial charge >= 0.3 is 0 Å². The van der Waals surface area contributed by atoms with Crippen molar-refractivity contribution in [2.45, 2.75) is 0 Å². The Morgan fingerprint density at radius 2 is 1.92 bits per heavy atom. The van der Waals surface area contributed by atoms with Crippen LogP contribution in [-0.2, 0) is 11.8 Å². The summed E-state index contributed by atoms with van der Waals surface area (Å²) in [7, 11) is 9.35. The monoisotopic (exact) mass is 517 g/mol. The summed E-state index contributed by atoms with van der Waals surface area (Å²) in [5.74, 6) is -0.529. The molecule has 0 unspecified atom stereocenters. The molecule has 0 atom stereocenters. The number of aryl methyl sites for hydroxylation is 1. The van der Waals surface area contributed by atoms with Crippen molar-refractivity contribution in [2.24, 2.45) is 7.05 Å². The maximum Gasteiger partial charge on any atom is 0.247 e. The van der Waals surface area contributed by atoms with E-state index in [4.69, 9.17) is 4.74 Å². The van der Waals surface area contributed by atoms with Gasteiger partial charge in [0.05, 0.1) is 24.2 Å². The average molecular weight is 518 g/mol. The Bertz CT molecular complexity index is 1480. The quantitative estimate of drug-likeness (QED) is 0.296. The summed E-state index contributed by atoms with van der Waals surface area (Å²) in [4.78, 5) is 24.7. The third-order valence-corrected chi connectivity index (χ3v) is 6.25. The number of likely N-dealkylation sites (N-methyl/N-ethyl adjacent to an activating group) is 2. The highest BCUT2D eigenvalue weighted by Crippen LogP contribution is 2.39. The lowest BCUT2D eigenvalue weighted by Crippen LogP contribution is -2.29. The number of halogens is 1. The largest absolute Gasteiger partial charge is 0.494 e. The number of methoxy groups -OCH3 is 1. The first kappa shape index (κ1) is 26.6. The highest BCUT2D eigenvalue weighted by Gasteiger charge is 2.20. The highest BCUT2D eigenvalue weighted by molar-refractivity contribution is 6.02. The summed E-state index contributed by atoms with van der Waals surface area (Å²) in [5, 5.41) is 6.77. The van der Waals surface area contributed by atoms with Crippen LogP contribution in [0.2, 0.25) is 0 Å². The van der Waals surface area contributed by atoms with Crippen LogP contribution in [0.4, 0.5) is 27.3 Å². The van der Waals surface area contributed by atoms with Crippen molar-refractivity contribution in [3.63, 3.8) is 0 Å².